The van der Waals surface area contributed by atoms with Gasteiger partial charge >= 0.3 is 16.2 Å². The zero-order valence-corrected chi connectivity index (χ0v) is 20.6. The van der Waals surface area contributed by atoms with E-state index in [0.717, 1.165) is 50.8 Å². The van der Waals surface area contributed by atoms with Crippen LogP contribution in [0.2, 0.25) is 0 Å². The summed E-state index contributed by atoms with van der Waals surface area (Å²) in [5.41, 5.74) is 5.89. The molecule has 2 saturated heterocycles. The van der Waals surface area contributed by atoms with Gasteiger partial charge in [-0.15, -0.1) is 0 Å². The zero-order valence-electron chi connectivity index (χ0n) is 16.6. The van der Waals surface area contributed by atoms with Crippen LogP contribution in [0.5, 0.6) is 0 Å². The van der Waals surface area contributed by atoms with E-state index in [2.05, 4.69) is 21.0 Å². The van der Waals surface area contributed by atoms with Gasteiger partial charge in [0.25, 0.3) is 0 Å². The van der Waals surface area contributed by atoms with Gasteiger partial charge in [0.15, 0.2) is 0 Å². The molecule has 1 aromatic carbocycles. The van der Waals surface area contributed by atoms with Crippen molar-refractivity contribution in [2.75, 3.05) is 32.0 Å². The van der Waals surface area contributed by atoms with Gasteiger partial charge in [0.2, 0.25) is 0 Å². The Kier molecular flexibility index (Phi) is 6.01. The summed E-state index contributed by atoms with van der Waals surface area (Å²) in [5.74, 6) is 0.385. The third kappa shape index (κ3) is 3.62. The molecule has 0 unspecified atom stereocenters. The average molecular weight is 430 g/mol. The van der Waals surface area contributed by atoms with E-state index in [9.17, 15) is 13.2 Å². The molecule has 2 atom stereocenters. The maximum atomic E-state index is 12.7. The van der Waals surface area contributed by atoms with Crippen LogP contribution in [0.3, 0.4) is 0 Å². The van der Waals surface area contributed by atoms with E-state index < -0.39 is 16.2 Å². The molecule has 0 spiro atoms. The molecule has 1 radical (unpaired) electrons. The van der Waals surface area contributed by atoms with Crippen molar-refractivity contribution in [1.29, 1.82) is 0 Å². The minimum absolute atomic E-state index is 0. The minimum atomic E-state index is -3.81. The van der Waals surface area contributed by atoms with Crippen LogP contribution in [0.25, 0.3) is 0 Å². The molecular formula is C19H26KN4O3S. The first-order valence-corrected chi connectivity index (χ1v) is 11.3. The Morgan fingerprint density at radius 1 is 1.04 bits per heavy atom. The summed E-state index contributed by atoms with van der Waals surface area (Å²) in [6, 6.07) is 1.93. The number of urea groups is 1. The Labute approximate surface area is 209 Å². The van der Waals surface area contributed by atoms with Crippen LogP contribution < -0.4 is 10.0 Å². The van der Waals surface area contributed by atoms with E-state index in [1.54, 1.807) is 0 Å². The molecule has 0 saturated carbocycles. The molecule has 0 aromatic heterocycles. The van der Waals surface area contributed by atoms with Crippen LogP contribution >= 0.6 is 0 Å². The van der Waals surface area contributed by atoms with Gasteiger partial charge in [0.1, 0.15) is 0 Å². The van der Waals surface area contributed by atoms with Gasteiger partial charge in [-0.25, -0.2) is 9.52 Å². The maximum Gasteiger partial charge on any atom is 0.333 e. The SMILES string of the molecule is CN1C[C@@H]2CN(S(=O)(=O)NC(=O)Nc3c4c(cc5c3CCC5)CCC4)C[C@@H]21.[K]. The molecule has 2 heterocycles. The van der Waals surface area contributed by atoms with E-state index in [1.807, 2.05) is 7.05 Å². The standard InChI is InChI=1S/C19H26N4O3S.K/c1-22-9-14-10-23(11-17(14)22)27(25,26)21-19(24)20-18-15-6-2-4-12(15)8-13-5-3-7-16(13)18;/h8,14,17H,2-7,9-11H2,1H3,(H2,20,21,24);/t14-,17+;/m1./s1. The Bertz CT molecular complexity index is 888. The number of anilines is 1. The fourth-order valence-corrected chi connectivity index (χ4v) is 6.50. The molecule has 5 rings (SSSR count). The number of aryl methyl sites for hydroxylation is 2. The van der Waals surface area contributed by atoms with Crippen LogP contribution in [0.1, 0.15) is 35.1 Å². The second kappa shape index (κ2) is 7.92. The molecule has 2 fully saturated rings. The number of likely N-dealkylation sites (N-methyl/N-ethyl adjacent to an activating group) is 1. The third-order valence-corrected chi connectivity index (χ3v) is 8.16. The predicted octanol–water partition coefficient (Wildman–Crippen LogP) is 0.895. The first-order valence-electron chi connectivity index (χ1n) is 9.88. The molecule has 9 heteroatoms. The number of benzene rings is 1. The summed E-state index contributed by atoms with van der Waals surface area (Å²) in [7, 11) is -1.80. The number of fused-ring (bicyclic) bond motifs is 3. The topological polar surface area (TPSA) is 81.8 Å². The summed E-state index contributed by atoms with van der Waals surface area (Å²) >= 11 is 0. The van der Waals surface area contributed by atoms with Gasteiger partial charge in [0, 0.05) is 88.7 Å². The molecule has 0 bridgehead atoms. The molecule has 7 nitrogen and oxygen atoms in total. The number of rotatable bonds is 3. The fourth-order valence-electron chi connectivity index (χ4n) is 5.35. The quantitative estimate of drug-likeness (QED) is 0.700. The minimum Gasteiger partial charge on any atom is -0.307 e. The van der Waals surface area contributed by atoms with Gasteiger partial charge in [-0.1, -0.05) is 6.07 Å². The van der Waals surface area contributed by atoms with E-state index >= 15 is 0 Å². The molecule has 2 aliphatic carbocycles. The molecule has 28 heavy (non-hydrogen) atoms. The second-order valence-corrected chi connectivity index (χ2v) is 10.0. The van der Waals surface area contributed by atoms with Crippen LogP contribution in [0.4, 0.5) is 10.5 Å². The molecule has 2 amide bonds. The number of carbonyl (C=O) groups is 1. The van der Waals surface area contributed by atoms with Crippen LogP contribution in [-0.4, -0.2) is 108 Å². The first kappa shape index (κ1) is 21.2. The van der Waals surface area contributed by atoms with Crippen molar-refractivity contribution in [3.8, 4) is 0 Å². The number of likely N-dealkylation sites (tertiary alicyclic amines) is 1. The molecular weight excluding hydrogens is 403 g/mol. The van der Waals surface area contributed by atoms with E-state index in [0.29, 0.717) is 19.0 Å². The summed E-state index contributed by atoms with van der Waals surface area (Å²) in [6.07, 6.45) is 6.18. The molecule has 147 valence electrons. The average Bonchev–Trinajstić information content (AvgIpc) is 3.31. The van der Waals surface area contributed by atoms with Crippen molar-refractivity contribution >= 4 is 73.3 Å². The van der Waals surface area contributed by atoms with Crippen LogP contribution in [0, 0.1) is 5.92 Å². The Balaban J connectivity index is 0.00000192. The Morgan fingerprint density at radius 3 is 2.25 bits per heavy atom. The Morgan fingerprint density at radius 2 is 1.68 bits per heavy atom. The summed E-state index contributed by atoms with van der Waals surface area (Å²) < 4.78 is 29.0. The predicted molar refractivity (Wildman–Crippen MR) is 109 cm³/mol. The van der Waals surface area contributed by atoms with E-state index in [4.69, 9.17) is 0 Å². The molecule has 1 aromatic rings. The largest absolute Gasteiger partial charge is 0.333 e. The van der Waals surface area contributed by atoms with Crippen molar-refractivity contribution < 1.29 is 13.2 Å². The number of nitrogens with zero attached hydrogens (tertiary/aromatic N) is 2. The van der Waals surface area contributed by atoms with E-state index in [1.165, 1.54) is 26.6 Å². The van der Waals surface area contributed by atoms with Gasteiger partial charge in [0.05, 0.1) is 0 Å². The van der Waals surface area contributed by atoms with Crippen molar-refractivity contribution in [3.05, 3.63) is 28.3 Å². The molecule has 2 aliphatic heterocycles. The second-order valence-electron chi connectivity index (χ2n) is 8.38. The molecule has 4 aliphatic rings. The number of amides is 2. The fraction of sp³-hybridized carbons (Fsp3) is 0.632. The van der Waals surface area contributed by atoms with Crippen molar-refractivity contribution in [2.24, 2.45) is 5.92 Å². The summed E-state index contributed by atoms with van der Waals surface area (Å²) in [4.78, 5) is 14.8. The monoisotopic (exact) mass is 429 g/mol. The summed E-state index contributed by atoms with van der Waals surface area (Å²) in [6.45, 7) is 1.87. The number of hydrogen-bond donors (Lipinski definition) is 2. The number of carbonyl (C=O) groups excluding carboxylic acids is 1. The first-order chi connectivity index (χ1) is 12.9. The Hall–Kier alpha value is -0.00364. The zero-order chi connectivity index (χ0) is 18.8. The van der Waals surface area contributed by atoms with Crippen molar-refractivity contribution in [2.45, 2.75) is 44.6 Å². The number of hydrogen-bond acceptors (Lipinski definition) is 4. The van der Waals surface area contributed by atoms with Crippen LogP contribution in [0.15, 0.2) is 6.07 Å². The molecule has 2 N–H and O–H groups in total. The van der Waals surface area contributed by atoms with Crippen molar-refractivity contribution in [3.63, 3.8) is 0 Å². The van der Waals surface area contributed by atoms with Gasteiger partial charge in [-0.2, -0.15) is 12.7 Å². The number of nitrogens with one attached hydrogen (secondary N) is 2. The van der Waals surface area contributed by atoms with E-state index in [-0.39, 0.29) is 57.4 Å². The third-order valence-electron chi connectivity index (χ3n) is 6.73. The van der Waals surface area contributed by atoms with Gasteiger partial charge in [-0.05, 0) is 67.8 Å². The van der Waals surface area contributed by atoms with Crippen molar-refractivity contribution in [1.82, 2.24) is 13.9 Å². The van der Waals surface area contributed by atoms with Gasteiger partial charge < -0.3 is 10.2 Å². The summed E-state index contributed by atoms with van der Waals surface area (Å²) in [5, 5.41) is 2.90. The van der Waals surface area contributed by atoms with Gasteiger partial charge in [-0.3, -0.25) is 0 Å². The maximum absolute atomic E-state index is 12.7. The smallest absolute Gasteiger partial charge is 0.307 e. The van der Waals surface area contributed by atoms with Crippen LogP contribution in [-0.2, 0) is 35.9 Å². The normalized spacial score (nSPS) is 26.0.